The van der Waals surface area contributed by atoms with Gasteiger partial charge in [0, 0.05) is 49.4 Å². The van der Waals surface area contributed by atoms with E-state index in [2.05, 4.69) is 26.5 Å². The molecular formula is C19H22N8O. The minimum atomic E-state index is -0.584. The van der Waals surface area contributed by atoms with Crippen molar-refractivity contribution in [2.24, 2.45) is 17.8 Å². The summed E-state index contributed by atoms with van der Waals surface area (Å²) in [6.07, 6.45) is 10.4. The lowest BCUT2D eigenvalue weighted by atomic mass is 10.1. The molecule has 0 radical (unpaired) electrons. The maximum absolute atomic E-state index is 9.40. The number of nitrogens with zero attached hydrogens (tertiary/aromatic N) is 6. The molecule has 28 heavy (non-hydrogen) atoms. The normalized spacial score (nSPS) is 21.9. The molecule has 3 N–H and O–H groups in total. The van der Waals surface area contributed by atoms with Crippen LogP contribution in [0.1, 0.15) is 24.1 Å². The Morgan fingerprint density at radius 2 is 2.29 bits per heavy atom. The smallest absolute Gasteiger partial charge is 0.182 e. The van der Waals surface area contributed by atoms with E-state index in [9.17, 15) is 5.26 Å². The van der Waals surface area contributed by atoms with Crippen molar-refractivity contribution >= 4 is 17.5 Å². The molecule has 4 heterocycles. The molecule has 2 aromatic rings. The highest BCUT2D eigenvalue weighted by Gasteiger charge is 2.22. The molecule has 4 rings (SSSR count). The second-order valence-corrected chi connectivity index (χ2v) is 6.82. The Morgan fingerprint density at radius 3 is 3.00 bits per heavy atom. The van der Waals surface area contributed by atoms with E-state index in [1.807, 2.05) is 24.3 Å². The van der Waals surface area contributed by atoms with Gasteiger partial charge >= 0.3 is 0 Å². The lowest BCUT2D eigenvalue weighted by molar-refractivity contribution is 0.166. The topological polar surface area (TPSA) is 117 Å². The Hall–Kier alpha value is -3.22. The first-order chi connectivity index (χ1) is 13.6. The number of aryl methyl sites for hydroxylation is 1. The molecule has 9 heteroatoms. The number of nitrogens with two attached hydrogens (primary N) is 1. The van der Waals surface area contributed by atoms with Crippen LogP contribution in [-0.4, -0.2) is 46.5 Å². The number of allylic oxidation sites excluding steroid dienone is 1. The van der Waals surface area contributed by atoms with E-state index >= 15 is 0 Å². The molecule has 2 aliphatic rings. The molecule has 0 bridgehead atoms. The van der Waals surface area contributed by atoms with Crippen molar-refractivity contribution in [3.05, 3.63) is 42.1 Å². The highest BCUT2D eigenvalue weighted by Crippen LogP contribution is 2.29. The monoisotopic (exact) mass is 378 g/mol. The van der Waals surface area contributed by atoms with Crippen LogP contribution in [0.3, 0.4) is 0 Å². The lowest BCUT2D eigenvalue weighted by Crippen LogP contribution is -2.39. The predicted octanol–water partition coefficient (Wildman–Crippen LogP) is 0.992. The van der Waals surface area contributed by atoms with Crippen LogP contribution in [0.15, 0.2) is 35.8 Å². The lowest BCUT2D eigenvalue weighted by Gasteiger charge is -2.29. The summed E-state index contributed by atoms with van der Waals surface area (Å²) < 4.78 is 7.80. The largest absolute Gasteiger partial charge is 0.486 e. The van der Waals surface area contributed by atoms with Crippen molar-refractivity contribution in [3.8, 4) is 11.8 Å². The van der Waals surface area contributed by atoms with Crippen LogP contribution in [-0.2, 0) is 7.05 Å². The van der Waals surface area contributed by atoms with Gasteiger partial charge in [-0.25, -0.2) is 4.98 Å². The average Bonchev–Trinajstić information content (AvgIpc) is 3.15. The second-order valence-electron chi connectivity index (χ2n) is 6.82. The third-order valence-corrected chi connectivity index (χ3v) is 4.76. The zero-order chi connectivity index (χ0) is 19.5. The summed E-state index contributed by atoms with van der Waals surface area (Å²) in [7, 11) is 1.86. The van der Waals surface area contributed by atoms with E-state index < -0.39 is 6.29 Å². The molecule has 144 valence electrons. The zero-order valence-electron chi connectivity index (χ0n) is 15.6. The van der Waals surface area contributed by atoms with Gasteiger partial charge in [0.15, 0.2) is 17.7 Å². The Balaban J connectivity index is 1.63. The minimum absolute atomic E-state index is 0.0208. The summed E-state index contributed by atoms with van der Waals surface area (Å²) in [5.41, 5.74) is 8.98. The first kappa shape index (κ1) is 18.2. The van der Waals surface area contributed by atoms with Gasteiger partial charge in [-0.15, -0.1) is 0 Å². The first-order valence-electron chi connectivity index (χ1n) is 9.19. The fourth-order valence-electron chi connectivity index (χ4n) is 3.28. The number of nitrogens with one attached hydrogen (secondary N) is 1. The van der Waals surface area contributed by atoms with Gasteiger partial charge in [0.1, 0.15) is 12.2 Å². The Bertz CT molecular complexity index is 951. The van der Waals surface area contributed by atoms with E-state index in [4.69, 9.17) is 10.5 Å². The van der Waals surface area contributed by atoms with Gasteiger partial charge in [-0.1, -0.05) is 0 Å². The van der Waals surface area contributed by atoms with Crippen molar-refractivity contribution in [2.45, 2.75) is 25.2 Å². The van der Waals surface area contributed by atoms with Gasteiger partial charge in [0.05, 0.1) is 18.1 Å². The van der Waals surface area contributed by atoms with Crippen molar-refractivity contribution in [1.29, 1.82) is 5.26 Å². The van der Waals surface area contributed by atoms with Crippen LogP contribution in [0.5, 0.6) is 5.75 Å². The van der Waals surface area contributed by atoms with Crippen LogP contribution in [0.4, 0.5) is 5.69 Å². The van der Waals surface area contributed by atoms with Crippen molar-refractivity contribution < 1.29 is 4.74 Å². The Morgan fingerprint density at radius 1 is 1.39 bits per heavy atom. The molecule has 9 nitrogen and oxygen atoms in total. The van der Waals surface area contributed by atoms with Gasteiger partial charge in [0.25, 0.3) is 0 Å². The number of ether oxygens (including phenoxy) is 1. The SMILES string of the molecule is Cn1cc(C2=CN(c3cnc(C#N)c(OC4CCCNC4)c3)C(N)N=C2)cn1. The van der Waals surface area contributed by atoms with E-state index in [1.165, 1.54) is 0 Å². The number of aliphatic imine (C=N–C) groups is 1. The van der Waals surface area contributed by atoms with Gasteiger partial charge in [-0.05, 0) is 19.4 Å². The van der Waals surface area contributed by atoms with Gasteiger partial charge in [-0.2, -0.15) is 10.4 Å². The van der Waals surface area contributed by atoms with Crippen molar-refractivity contribution in [3.63, 3.8) is 0 Å². The number of aromatic nitrogens is 3. The minimum Gasteiger partial charge on any atom is -0.486 e. The second kappa shape index (κ2) is 7.80. The summed E-state index contributed by atoms with van der Waals surface area (Å²) in [5.74, 6) is 0.465. The Labute approximate surface area is 163 Å². The van der Waals surface area contributed by atoms with E-state index in [0.29, 0.717) is 11.4 Å². The summed E-state index contributed by atoms with van der Waals surface area (Å²) in [6.45, 7) is 1.75. The highest BCUT2D eigenvalue weighted by atomic mass is 16.5. The van der Waals surface area contributed by atoms with E-state index in [-0.39, 0.29) is 11.8 Å². The molecule has 0 aliphatic carbocycles. The first-order valence-corrected chi connectivity index (χ1v) is 9.19. The van der Waals surface area contributed by atoms with Crippen LogP contribution in [0.25, 0.3) is 5.57 Å². The fourth-order valence-corrected chi connectivity index (χ4v) is 3.28. The maximum Gasteiger partial charge on any atom is 0.182 e. The highest BCUT2D eigenvalue weighted by molar-refractivity contribution is 6.11. The molecule has 1 fully saturated rings. The van der Waals surface area contributed by atoms with Crippen LogP contribution < -0.4 is 20.7 Å². The number of anilines is 1. The van der Waals surface area contributed by atoms with Crippen LogP contribution >= 0.6 is 0 Å². The van der Waals surface area contributed by atoms with E-state index in [0.717, 1.165) is 37.1 Å². The summed E-state index contributed by atoms with van der Waals surface area (Å²) in [6, 6.07) is 3.91. The molecule has 2 atom stereocenters. The number of pyridine rings is 1. The predicted molar refractivity (Wildman–Crippen MR) is 106 cm³/mol. The Kier molecular flexibility index (Phi) is 5.06. The molecule has 0 spiro atoms. The van der Waals surface area contributed by atoms with Crippen molar-refractivity contribution in [2.75, 3.05) is 18.0 Å². The fraction of sp³-hybridized carbons (Fsp3) is 0.368. The number of hydrogen-bond acceptors (Lipinski definition) is 8. The molecule has 2 unspecified atom stereocenters. The third kappa shape index (κ3) is 3.74. The van der Waals surface area contributed by atoms with Crippen LogP contribution in [0.2, 0.25) is 0 Å². The zero-order valence-corrected chi connectivity index (χ0v) is 15.6. The summed E-state index contributed by atoms with van der Waals surface area (Å²) >= 11 is 0. The van der Waals surface area contributed by atoms with Gasteiger partial charge in [0.2, 0.25) is 0 Å². The average molecular weight is 378 g/mol. The van der Waals surface area contributed by atoms with Gasteiger partial charge in [-0.3, -0.25) is 15.4 Å². The van der Waals surface area contributed by atoms with Gasteiger partial charge < -0.3 is 15.0 Å². The third-order valence-electron chi connectivity index (χ3n) is 4.76. The quantitative estimate of drug-likeness (QED) is 0.815. The van der Waals surface area contributed by atoms with Crippen LogP contribution in [0, 0.1) is 11.3 Å². The van der Waals surface area contributed by atoms with E-state index in [1.54, 1.807) is 29.4 Å². The number of hydrogen-bond donors (Lipinski definition) is 2. The standard InChI is InChI=1S/C19H22N8O/c1-26-11-14(8-25-26)13-7-24-19(21)27(12-13)15-5-18(17(6-20)23-9-15)28-16-3-2-4-22-10-16/h5,7-9,11-12,16,19,22H,2-4,10,21H2,1H3. The molecular weight excluding hydrogens is 356 g/mol. The number of rotatable bonds is 4. The molecule has 2 aliphatic heterocycles. The number of nitriles is 1. The molecule has 2 aromatic heterocycles. The maximum atomic E-state index is 9.40. The summed E-state index contributed by atoms with van der Waals surface area (Å²) in [4.78, 5) is 10.5. The number of piperidine rings is 1. The summed E-state index contributed by atoms with van der Waals surface area (Å²) in [5, 5.41) is 16.9. The molecule has 0 aromatic carbocycles. The molecule has 0 saturated carbocycles. The van der Waals surface area contributed by atoms with Crippen molar-refractivity contribution in [1.82, 2.24) is 20.1 Å². The molecule has 1 saturated heterocycles. The molecule has 0 amide bonds.